The third kappa shape index (κ3) is 2.23. The molecule has 0 bridgehead atoms. The molecular formula is C17H19N3O. The molecule has 0 aliphatic carbocycles. The van der Waals surface area contributed by atoms with Crippen molar-refractivity contribution in [1.82, 2.24) is 9.55 Å². The predicted molar refractivity (Wildman–Crippen MR) is 86.5 cm³/mol. The average Bonchev–Trinajstić information content (AvgIpc) is 2.88. The molecule has 0 aliphatic rings. The zero-order chi connectivity index (χ0) is 15.0. The van der Waals surface area contributed by atoms with Crippen LogP contribution in [0.3, 0.4) is 0 Å². The third-order valence-corrected chi connectivity index (χ3v) is 3.60. The standard InChI is InChI=1S/C17H19N3O/c1-11(2)20-15-9-5-8-14(18)16(15)19-17(20)12-6-4-7-13(10-12)21-3/h4-11H,18H2,1-3H3. The summed E-state index contributed by atoms with van der Waals surface area (Å²) in [6.07, 6.45) is 0. The molecule has 0 radical (unpaired) electrons. The molecule has 0 saturated carbocycles. The topological polar surface area (TPSA) is 53.1 Å². The van der Waals surface area contributed by atoms with Crippen molar-refractivity contribution >= 4 is 16.7 Å². The molecular weight excluding hydrogens is 262 g/mol. The maximum atomic E-state index is 6.07. The van der Waals surface area contributed by atoms with Crippen LogP contribution in [0.25, 0.3) is 22.4 Å². The van der Waals surface area contributed by atoms with E-state index in [9.17, 15) is 0 Å². The summed E-state index contributed by atoms with van der Waals surface area (Å²) in [6, 6.07) is 14.1. The van der Waals surface area contributed by atoms with Crippen LogP contribution in [0.15, 0.2) is 42.5 Å². The van der Waals surface area contributed by atoms with Gasteiger partial charge in [-0.25, -0.2) is 4.98 Å². The maximum Gasteiger partial charge on any atom is 0.141 e. The smallest absolute Gasteiger partial charge is 0.141 e. The second kappa shape index (κ2) is 5.13. The highest BCUT2D eigenvalue weighted by molar-refractivity contribution is 5.90. The lowest BCUT2D eigenvalue weighted by atomic mass is 10.2. The van der Waals surface area contributed by atoms with Gasteiger partial charge in [-0.3, -0.25) is 0 Å². The normalized spacial score (nSPS) is 11.2. The van der Waals surface area contributed by atoms with Crippen molar-refractivity contribution in [2.24, 2.45) is 0 Å². The van der Waals surface area contributed by atoms with Gasteiger partial charge in [-0.05, 0) is 38.1 Å². The Bertz CT molecular complexity index is 790. The zero-order valence-electron chi connectivity index (χ0n) is 12.5. The van der Waals surface area contributed by atoms with E-state index in [1.165, 1.54) is 0 Å². The summed E-state index contributed by atoms with van der Waals surface area (Å²) in [5.74, 6) is 1.74. The van der Waals surface area contributed by atoms with Crippen LogP contribution in [0.2, 0.25) is 0 Å². The van der Waals surface area contributed by atoms with Gasteiger partial charge in [-0.2, -0.15) is 0 Å². The SMILES string of the molecule is COc1cccc(-c2nc3c(N)cccc3n2C(C)C)c1. The first-order chi connectivity index (χ1) is 10.1. The van der Waals surface area contributed by atoms with E-state index >= 15 is 0 Å². The highest BCUT2D eigenvalue weighted by Crippen LogP contribution is 2.32. The summed E-state index contributed by atoms with van der Waals surface area (Å²) in [7, 11) is 1.67. The molecule has 21 heavy (non-hydrogen) atoms. The number of nitrogens with two attached hydrogens (primary N) is 1. The third-order valence-electron chi connectivity index (χ3n) is 3.60. The van der Waals surface area contributed by atoms with Gasteiger partial charge in [-0.15, -0.1) is 0 Å². The summed E-state index contributed by atoms with van der Waals surface area (Å²) in [6.45, 7) is 4.29. The maximum absolute atomic E-state index is 6.07. The number of aromatic nitrogens is 2. The van der Waals surface area contributed by atoms with Crippen LogP contribution in [-0.4, -0.2) is 16.7 Å². The molecule has 4 heteroatoms. The quantitative estimate of drug-likeness (QED) is 0.741. The van der Waals surface area contributed by atoms with Crippen molar-refractivity contribution in [3.8, 4) is 17.1 Å². The molecule has 0 spiro atoms. The summed E-state index contributed by atoms with van der Waals surface area (Å²) in [4.78, 5) is 4.76. The number of rotatable bonds is 3. The van der Waals surface area contributed by atoms with Crippen molar-refractivity contribution in [3.63, 3.8) is 0 Å². The highest BCUT2D eigenvalue weighted by atomic mass is 16.5. The van der Waals surface area contributed by atoms with E-state index in [1.54, 1.807) is 7.11 Å². The van der Waals surface area contributed by atoms with Gasteiger partial charge < -0.3 is 15.0 Å². The Morgan fingerprint density at radius 3 is 2.62 bits per heavy atom. The zero-order valence-corrected chi connectivity index (χ0v) is 12.5. The number of methoxy groups -OCH3 is 1. The predicted octanol–water partition coefficient (Wildman–Crippen LogP) is 3.88. The van der Waals surface area contributed by atoms with E-state index < -0.39 is 0 Å². The van der Waals surface area contributed by atoms with Crippen LogP contribution < -0.4 is 10.5 Å². The van der Waals surface area contributed by atoms with E-state index in [1.807, 2.05) is 36.4 Å². The van der Waals surface area contributed by atoms with Gasteiger partial charge in [0, 0.05) is 11.6 Å². The molecule has 0 aliphatic heterocycles. The number of hydrogen-bond donors (Lipinski definition) is 1. The van der Waals surface area contributed by atoms with Crippen LogP contribution in [0, 0.1) is 0 Å². The molecule has 108 valence electrons. The molecule has 0 saturated heterocycles. The van der Waals surface area contributed by atoms with E-state index in [2.05, 4.69) is 24.5 Å². The van der Waals surface area contributed by atoms with Crippen LogP contribution in [0.5, 0.6) is 5.75 Å². The van der Waals surface area contributed by atoms with Crippen molar-refractivity contribution in [3.05, 3.63) is 42.5 Å². The van der Waals surface area contributed by atoms with Crippen molar-refractivity contribution in [2.75, 3.05) is 12.8 Å². The first-order valence-corrected chi connectivity index (χ1v) is 7.02. The molecule has 0 unspecified atom stereocenters. The number of nitrogen functional groups attached to an aromatic ring is 1. The first-order valence-electron chi connectivity index (χ1n) is 7.02. The van der Waals surface area contributed by atoms with Gasteiger partial charge in [-0.1, -0.05) is 18.2 Å². The number of imidazole rings is 1. The van der Waals surface area contributed by atoms with Gasteiger partial charge in [0.25, 0.3) is 0 Å². The number of hydrogen-bond acceptors (Lipinski definition) is 3. The summed E-state index contributed by atoms with van der Waals surface area (Å²) >= 11 is 0. The van der Waals surface area contributed by atoms with E-state index in [0.29, 0.717) is 5.69 Å². The number of benzene rings is 2. The second-order valence-corrected chi connectivity index (χ2v) is 5.35. The van der Waals surface area contributed by atoms with E-state index in [-0.39, 0.29) is 6.04 Å². The number of ether oxygens (including phenoxy) is 1. The van der Waals surface area contributed by atoms with Crippen LogP contribution >= 0.6 is 0 Å². The molecule has 2 aromatic carbocycles. The van der Waals surface area contributed by atoms with Crippen molar-refractivity contribution in [2.45, 2.75) is 19.9 Å². The van der Waals surface area contributed by atoms with Crippen LogP contribution in [0.4, 0.5) is 5.69 Å². The van der Waals surface area contributed by atoms with Gasteiger partial charge >= 0.3 is 0 Å². The molecule has 0 atom stereocenters. The lowest BCUT2D eigenvalue weighted by Crippen LogP contribution is -2.03. The fourth-order valence-electron chi connectivity index (χ4n) is 2.63. The molecule has 0 fully saturated rings. The minimum Gasteiger partial charge on any atom is -0.497 e. The molecule has 1 heterocycles. The Kier molecular flexibility index (Phi) is 3.29. The second-order valence-electron chi connectivity index (χ2n) is 5.35. The molecule has 4 nitrogen and oxygen atoms in total. The Balaban J connectivity index is 2.30. The summed E-state index contributed by atoms with van der Waals surface area (Å²) in [5, 5.41) is 0. The number of fused-ring (bicyclic) bond motifs is 1. The largest absolute Gasteiger partial charge is 0.497 e. The number of nitrogens with zero attached hydrogens (tertiary/aromatic N) is 2. The molecule has 0 amide bonds. The Morgan fingerprint density at radius 2 is 1.90 bits per heavy atom. The fraction of sp³-hybridized carbons (Fsp3) is 0.235. The number of anilines is 1. The summed E-state index contributed by atoms with van der Waals surface area (Å²) < 4.78 is 7.52. The minimum atomic E-state index is 0.290. The highest BCUT2D eigenvalue weighted by Gasteiger charge is 2.16. The average molecular weight is 281 g/mol. The lowest BCUT2D eigenvalue weighted by Gasteiger charge is -2.13. The van der Waals surface area contributed by atoms with Crippen molar-refractivity contribution in [1.29, 1.82) is 0 Å². The van der Waals surface area contributed by atoms with Gasteiger partial charge in [0.15, 0.2) is 0 Å². The molecule has 2 N–H and O–H groups in total. The van der Waals surface area contributed by atoms with Crippen LogP contribution in [0.1, 0.15) is 19.9 Å². The first kappa shape index (κ1) is 13.5. The number of para-hydroxylation sites is 1. The summed E-state index contributed by atoms with van der Waals surface area (Å²) in [5.41, 5.74) is 9.71. The van der Waals surface area contributed by atoms with Gasteiger partial charge in [0.1, 0.15) is 17.1 Å². The molecule has 3 aromatic rings. The minimum absolute atomic E-state index is 0.290. The lowest BCUT2D eigenvalue weighted by molar-refractivity contribution is 0.415. The Labute approximate surface area is 124 Å². The van der Waals surface area contributed by atoms with Crippen molar-refractivity contribution < 1.29 is 4.74 Å². The van der Waals surface area contributed by atoms with E-state index in [0.717, 1.165) is 28.2 Å². The van der Waals surface area contributed by atoms with Gasteiger partial charge in [0.05, 0.1) is 18.3 Å². The Hall–Kier alpha value is -2.49. The molecule has 1 aromatic heterocycles. The van der Waals surface area contributed by atoms with Crippen LogP contribution in [-0.2, 0) is 0 Å². The Morgan fingerprint density at radius 1 is 1.14 bits per heavy atom. The van der Waals surface area contributed by atoms with Gasteiger partial charge in [0.2, 0.25) is 0 Å². The molecule has 3 rings (SSSR count). The fourth-order valence-corrected chi connectivity index (χ4v) is 2.63. The monoisotopic (exact) mass is 281 g/mol. The van der Waals surface area contributed by atoms with E-state index in [4.69, 9.17) is 15.5 Å².